The molecule has 14 atom stereocenters. The predicted molar refractivity (Wildman–Crippen MR) is 201 cm³/mol. The monoisotopic (exact) mass is 727 g/mol. The highest BCUT2D eigenvalue weighted by Crippen LogP contribution is 2.76. The van der Waals surface area contributed by atoms with E-state index in [9.17, 15) is 19.2 Å². The molecule has 4 fully saturated rings. The number of esters is 4. The Morgan fingerprint density at radius 2 is 1.19 bits per heavy atom. The van der Waals surface area contributed by atoms with Crippen molar-refractivity contribution in [1.29, 1.82) is 0 Å². The van der Waals surface area contributed by atoms with Gasteiger partial charge in [0.2, 0.25) is 0 Å². The molecule has 14 unspecified atom stereocenters. The molecule has 4 saturated carbocycles. The lowest BCUT2D eigenvalue weighted by molar-refractivity contribution is -0.205. The second-order valence-electron chi connectivity index (χ2n) is 19.6. The smallest absolute Gasteiger partial charge is 0.303 e. The van der Waals surface area contributed by atoms with Crippen LogP contribution in [0.15, 0.2) is 12.2 Å². The molecule has 5 aliphatic carbocycles. The lowest BCUT2D eigenvalue weighted by Gasteiger charge is -2.71. The summed E-state index contributed by atoms with van der Waals surface area (Å²) in [5, 5.41) is 0. The molecule has 0 bridgehead atoms. The maximum Gasteiger partial charge on any atom is 0.303 e. The normalized spacial score (nSPS) is 41.1. The molecule has 0 aliphatic heterocycles. The summed E-state index contributed by atoms with van der Waals surface area (Å²) in [4.78, 5) is 48.4. The lowest BCUT2D eigenvalue weighted by Crippen LogP contribution is -2.65. The van der Waals surface area contributed by atoms with Crippen molar-refractivity contribution in [1.82, 2.24) is 0 Å². The van der Waals surface area contributed by atoms with E-state index in [1.165, 1.54) is 79.1 Å². The van der Waals surface area contributed by atoms with Crippen LogP contribution in [0.5, 0.6) is 0 Å². The maximum absolute atomic E-state index is 12.4. The molecule has 294 valence electrons. The van der Waals surface area contributed by atoms with Crippen molar-refractivity contribution in [3.63, 3.8) is 0 Å². The van der Waals surface area contributed by atoms with Gasteiger partial charge < -0.3 is 18.9 Å². The van der Waals surface area contributed by atoms with Crippen LogP contribution in [0.3, 0.4) is 0 Å². The second kappa shape index (κ2) is 14.7. The number of hydrogen-bond acceptors (Lipinski definition) is 8. The molecule has 5 aliphatic rings. The Morgan fingerprint density at radius 1 is 0.654 bits per heavy atom. The highest BCUT2D eigenvalue weighted by atomic mass is 16.6. The molecule has 0 spiro atoms. The van der Waals surface area contributed by atoms with Gasteiger partial charge in [0.1, 0.15) is 12.7 Å². The van der Waals surface area contributed by atoms with Crippen LogP contribution < -0.4 is 0 Å². The minimum atomic E-state index is -1.11. The van der Waals surface area contributed by atoms with Crippen LogP contribution in [0.2, 0.25) is 0 Å². The summed E-state index contributed by atoms with van der Waals surface area (Å²) >= 11 is 0. The van der Waals surface area contributed by atoms with E-state index in [1.54, 1.807) is 0 Å². The Morgan fingerprint density at radius 3 is 1.77 bits per heavy atom. The SMILES string of the molecule is CC(=O)OCC(OC(C)=O)C(OC(C)=O)C(CCC(C)C1CCC2(C)C1CCC1(C)C2C=CC2C3(C)CCC(C)C(C)(C)C3CCC21C)OC(C)=O. The van der Waals surface area contributed by atoms with E-state index in [2.05, 4.69) is 67.5 Å². The van der Waals surface area contributed by atoms with Crippen molar-refractivity contribution < 1.29 is 38.1 Å². The first kappa shape index (κ1) is 40.8. The van der Waals surface area contributed by atoms with E-state index in [0.29, 0.717) is 46.8 Å². The molecule has 8 heteroatoms. The highest BCUT2D eigenvalue weighted by Gasteiger charge is 2.69. The van der Waals surface area contributed by atoms with Crippen LogP contribution in [-0.4, -0.2) is 48.8 Å². The van der Waals surface area contributed by atoms with Gasteiger partial charge in [-0.25, -0.2) is 0 Å². The minimum absolute atomic E-state index is 0.217. The molecule has 0 aromatic heterocycles. The maximum atomic E-state index is 12.4. The van der Waals surface area contributed by atoms with Crippen LogP contribution in [-0.2, 0) is 38.1 Å². The third-order valence-corrected chi connectivity index (χ3v) is 16.7. The van der Waals surface area contributed by atoms with Crippen molar-refractivity contribution in [3.8, 4) is 0 Å². The minimum Gasteiger partial charge on any atom is -0.462 e. The number of rotatable bonds is 11. The van der Waals surface area contributed by atoms with Gasteiger partial charge >= 0.3 is 23.9 Å². The standard InChI is InChI=1S/C44H70O8/c1-26(13-14-34(50-29(4)46)39(52-31(6)48)35(51-30(5)47)25-49-28(3)45)32-18-22-41(9)33(32)19-23-43(11)37(41)15-16-38-42(10)21-17-27(2)40(7,8)36(42)20-24-44(38,43)12/h15-16,26-27,32-39H,13-14,17-25H2,1-12H3. The van der Waals surface area contributed by atoms with Gasteiger partial charge in [0.05, 0.1) is 0 Å². The fraction of sp³-hybridized carbons (Fsp3) is 0.864. The zero-order valence-electron chi connectivity index (χ0n) is 34.5. The predicted octanol–water partition coefficient (Wildman–Crippen LogP) is 9.27. The average Bonchev–Trinajstić information content (AvgIpc) is 3.39. The number of allylic oxidation sites excluding steroid dienone is 2. The van der Waals surface area contributed by atoms with Crippen LogP contribution in [0.25, 0.3) is 0 Å². The van der Waals surface area contributed by atoms with Crippen molar-refractivity contribution in [2.75, 3.05) is 6.61 Å². The van der Waals surface area contributed by atoms with Gasteiger partial charge in [-0.1, -0.05) is 67.5 Å². The summed E-state index contributed by atoms with van der Waals surface area (Å²) < 4.78 is 22.1. The molecule has 0 saturated heterocycles. The van der Waals surface area contributed by atoms with Crippen molar-refractivity contribution >= 4 is 23.9 Å². The summed E-state index contributed by atoms with van der Waals surface area (Å²) in [6.45, 7) is 25.3. The summed E-state index contributed by atoms with van der Waals surface area (Å²) in [6.07, 6.45) is 13.7. The van der Waals surface area contributed by atoms with Crippen molar-refractivity contribution in [3.05, 3.63) is 12.2 Å². The molecule has 0 N–H and O–H groups in total. The number of carbonyl (C=O) groups excluding carboxylic acids is 4. The van der Waals surface area contributed by atoms with E-state index in [1.807, 2.05) is 0 Å². The second-order valence-corrected chi connectivity index (χ2v) is 19.6. The van der Waals surface area contributed by atoms with Gasteiger partial charge in [0.25, 0.3) is 0 Å². The van der Waals surface area contributed by atoms with Crippen LogP contribution in [0, 0.1) is 68.5 Å². The number of hydrogen-bond donors (Lipinski definition) is 0. The van der Waals surface area contributed by atoms with Crippen molar-refractivity contribution in [2.45, 2.75) is 166 Å². The van der Waals surface area contributed by atoms with Gasteiger partial charge in [0.15, 0.2) is 12.2 Å². The summed E-state index contributed by atoms with van der Waals surface area (Å²) in [6, 6.07) is 0. The molecule has 0 aromatic rings. The molecular weight excluding hydrogens is 656 g/mol. The molecule has 0 amide bonds. The summed E-state index contributed by atoms with van der Waals surface area (Å²) in [5.41, 5.74) is 1.46. The third kappa shape index (κ3) is 7.00. The lowest BCUT2D eigenvalue weighted by atomic mass is 9.33. The molecule has 52 heavy (non-hydrogen) atoms. The zero-order chi connectivity index (χ0) is 38.6. The fourth-order valence-corrected chi connectivity index (χ4v) is 13.7. The summed E-state index contributed by atoms with van der Waals surface area (Å²) in [7, 11) is 0. The van der Waals surface area contributed by atoms with Crippen LogP contribution in [0.4, 0.5) is 0 Å². The number of carbonyl (C=O) groups is 4. The van der Waals surface area contributed by atoms with Gasteiger partial charge in [-0.15, -0.1) is 0 Å². The van der Waals surface area contributed by atoms with E-state index < -0.39 is 42.2 Å². The Balaban J connectivity index is 1.36. The quantitative estimate of drug-likeness (QED) is 0.118. The van der Waals surface area contributed by atoms with Gasteiger partial charge in [-0.05, 0) is 133 Å². The van der Waals surface area contributed by atoms with E-state index in [-0.39, 0.29) is 22.9 Å². The fourth-order valence-electron chi connectivity index (χ4n) is 13.7. The van der Waals surface area contributed by atoms with Crippen LogP contribution >= 0.6 is 0 Å². The van der Waals surface area contributed by atoms with E-state index in [4.69, 9.17) is 18.9 Å². The first-order valence-electron chi connectivity index (χ1n) is 20.4. The Labute approximate surface area is 314 Å². The first-order chi connectivity index (χ1) is 24.1. The highest BCUT2D eigenvalue weighted by molar-refractivity contribution is 5.68. The molecule has 0 aromatic carbocycles. The third-order valence-electron chi connectivity index (χ3n) is 16.7. The number of ether oxygens (including phenoxy) is 4. The van der Waals surface area contributed by atoms with Gasteiger partial charge in [0, 0.05) is 27.7 Å². The topological polar surface area (TPSA) is 105 Å². The van der Waals surface area contributed by atoms with E-state index in [0.717, 1.165) is 18.3 Å². The van der Waals surface area contributed by atoms with Crippen LogP contribution in [0.1, 0.15) is 147 Å². The number of fused-ring (bicyclic) bond motifs is 7. The first-order valence-corrected chi connectivity index (χ1v) is 20.4. The largest absolute Gasteiger partial charge is 0.462 e. The van der Waals surface area contributed by atoms with E-state index >= 15 is 0 Å². The Hall–Kier alpha value is -2.38. The Kier molecular flexibility index (Phi) is 11.5. The molecule has 5 rings (SSSR count). The molecule has 0 radical (unpaired) electrons. The Bertz CT molecular complexity index is 1400. The van der Waals surface area contributed by atoms with Gasteiger partial charge in [-0.2, -0.15) is 0 Å². The molecule has 0 heterocycles. The average molecular weight is 727 g/mol. The van der Waals surface area contributed by atoms with Gasteiger partial charge in [-0.3, -0.25) is 19.2 Å². The molecule has 8 nitrogen and oxygen atoms in total. The zero-order valence-corrected chi connectivity index (χ0v) is 34.5. The van der Waals surface area contributed by atoms with Crippen molar-refractivity contribution in [2.24, 2.45) is 68.5 Å². The summed E-state index contributed by atoms with van der Waals surface area (Å²) in [5.74, 6) is 1.85. The molecular formula is C44H70O8.